The highest BCUT2D eigenvalue weighted by atomic mass is 32.1. The molecule has 0 saturated heterocycles. The molecule has 72 valence electrons. The van der Waals surface area contributed by atoms with Gasteiger partial charge in [0.05, 0.1) is 0 Å². The predicted octanol–water partition coefficient (Wildman–Crippen LogP) is 2.15. The van der Waals surface area contributed by atoms with Crippen molar-refractivity contribution in [2.45, 2.75) is 32.6 Å². The van der Waals surface area contributed by atoms with Crippen molar-refractivity contribution in [1.29, 1.82) is 0 Å². The van der Waals surface area contributed by atoms with E-state index < -0.39 is 5.91 Å². The van der Waals surface area contributed by atoms with Gasteiger partial charge in [0.25, 0.3) is 5.91 Å². The maximum atomic E-state index is 10.8. The standard InChI is InChI=1S/C9H14N2OS/c1-3-6(4-2)7-5-11-9(13-7)8(10)12/h5-6H,3-4H2,1-2H3,(H2,10,12). The maximum Gasteiger partial charge on any atom is 0.277 e. The van der Waals surface area contributed by atoms with Gasteiger partial charge in [-0.1, -0.05) is 13.8 Å². The van der Waals surface area contributed by atoms with Crippen LogP contribution >= 0.6 is 11.3 Å². The van der Waals surface area contributed by atoms with Crippen molar-refractivity contribution in [2.75, 3.05) is 0 Å². The van der Waals surface area contributed by atoms with Crippen molar-refractivity contribution in [2.24, 2.45) is 5.73 Å². The Labute approximate surface area is 82.0 Å². The number of aromatic nitrogens is 1. The van der Waals surface area contributed by atoms with Gasteiger partial charge in [-0.05, 0) is 18.8 Å². The molecule has 0 atom stereocenters. The Kier molecular flexibility index (Phi) is 3.42. The Morgan fingerprint density at radius 1 is 1.62 bits per heavy atom. The van der Waals surface area contributed by atoms with Crippen LogP contribution < -0.4 is 5.73 Å². The summed E-state index contributed by atoms with van der Waals surface area (Å²) in [5.41, 5.74) is 5.12. The molecule has 0 aromatic carbocycles. The lowest BCUT2D eigenvalue weighted by Gasteiger charge is -2.07. The van der Waals surface area contributed by atoms with Gasteiger partial charge in [-0.3, -0.25) is 4.79 Å². The van der Waals surface area contributed by atoms with Gasteiger partial charge in [0, 0.05) is 11.1 Å². The summed E-state index contributed by atoms with van der Waals surface area (Å²) in [6.07, 6.45) is 3.93. The minimum atomic E-state index is -0.429. The molecule has 0 aliphatic rings. The minimum absolute atomic E-state index is 0.418. The third kappa shape index (κ3) is 2.28. The van der Waals surface area contributed by atoms with E-state index in [1.54, 1.807) is 6.20 Å². The Bertz CT molecular complexity index is 292. The van der Waals surface area contributed by atoms with Crippen LogP contribution in [0.1, 0.15) is 47.3 Å². The zero-order chi connectivity index (χ0) is 9.84. The first-order chi connectivity index (χ1) is 6.19. The number of hydrogen-bond acceptors (Lipinski definition) is 3. The van der Waals surface area contributed by atoms with E-state index in [1.807, 2.05) is 0 Å². The van der Waals surface area contributed by atoms with Crippen LogP contribution in [0.25, 0.3) is 0 Å². The summed E-state index contributed by atoms with van der Waals surface area (Å²) in [7, 11) is 0. The number of carbonyl (C=O) groups is 1. The van der Waals surface area contributed by atoms with Crippen LogP contribution in [-0.2, 0) is 0 Å². The van der Waals surface area contributed by atoms with Crippen LogP contribution in [0.5, 0.6) is 0 Å². The summed E-state index contributed by atoms with van der Waals surface area (Å²) in [5, 5.41) is 0.418. The summed E-state index contributed by atoms with van der Waals surface area (Å²) >= 11 is 1.41. The number of nitrogens with two attached hydrogens (primary N) is 1. The van der Waals surface area contributed by atoms with Crippen LogP contribution in [0, 0.1) is 0 Å². The van der Waals surface area contributed by atoms with Crippen molar-refractivity contribution >= 4 is 17.2 Å². The predicted molar refractivity (Wildman–Crippen MR) is 54.0 cm³/mol. The molecule has 3 nitrogen and oxygen atoms in total. The number of primary amides is 1. The second-order valence-corrected chi connectivity index (χ2v) is 4.01. The van der Waals surface area contributed by atoms with Gasteiger partial charge in [0.1, 0.15) is 0 Å². The molecule has 1 aromatic heterocycles. The molecule has 0 fully saturated rings. The molecule has 2 N–H and O–H groups in total. The summed E-state index contributed by atoms with van der Waals surface area (Å²) < 4.78 is 0. The lowest BCUT2D eigenvalue weighted by Crippen LogP contribution is -2.09. The molecule has 1 rings (SSSR count). The normalized spacial score (nSPS) is 10.7. The van der Waals surface area contributed by atoms with E-state index in [4.69, 9.17) is 5.73 Å². The van der Waals surface area contributed by atoms with Crippen LogP contribution in [-0.4, -0.2) is 10.9 Å². The van der Waals surface area contributed by atoms with Crippen molar-refractivity contribution < 1.29 is 4.79 Å². The van der Waals surface area contributed by atoms with Crippen LogP contribution in [0.15, 0.2) is 6.20 Å². The number of rotatable bonds is 4. The monoisotopic (exact) mass is 198 g/mol. The quantitative estimate of drug-likeness (QED) is 0.805. The van der Waals surface area contributed by atoms with Crippen molar-refractivity contribution in [3.05, 3.63) is 16.1 Å². The smallest absolute Gasteiger partial charge is 0.277 e. The van der Waals surface area contributed by atoms with E-state index in [-0.39, 0.29) is 0 Å². The topological polar surface area (TPSA) is 56.0 Å². The van der Waals surface area contributed by atoms with Gasteiger partial charge in [-0.25, -0.2) is 4.98 Å². The van der Waals surface area contributed by atoms with E-state index in [0.717, 1.165) is 12.8 Å². The highest BCUT2D eigenvalue weighted by Crippen LogP contribution is 2.27. The van der Waals surface area contributed by atoms with Gasteiger partial charge in [0.15, 0.2) is 5.01 Å². The molecule has 4 heteroatoms. The van der Waals surface area contributed by atoms with E-state index in [2.05, 4.69) is 18.8 Å². The molecule has 0 unspecified atom stereocenters. The zero-order valence-corrected chi connectivity index (χ0v) is 8.73. The third-order valence-electron chi connectivity index (χ3n) is 2.12. The van der Waals surface area contributed by atoms with Crippen molar-refractivity contribution in [1.82, 2.24) is 4.98 Å². The number of thiazole rings is 1. The number of carbonyl (C=O) groups excluding carboxylic acids is 1. The summed E-state index contributed by atoms with van der Waals surface area (Å²) in [5.74, 6) is 0.0906. The summed E-state index contributed by atoms with van der Waals surface area (Å²) in [6, 6.07) is 0. The average molecular weight is 198 g/mol. The lowest BCUT2D eigenvalue weighted by atomic mass is 10.0. The lowest BCUT2D eigenvalue weighted by molar-refractivity contribution is 0.1000. The van der Waals surface area contributed by atoms with Gasteiger partial charge < -0.3 is 5.73 Å². The Hall–Kier alpha value is -0.900. The molecule has 13 heavy (non-hydrogen) atoms. The van der Waals surface area contributed by atoms with Gasteiger partial charge in [-0.2, -0.15) is 0 Å². The Balaban J connectivity index is 2.84. The number of nitrogens with zero attached hydrogens (tertiary/aromatic N) is 1. The first-order valence-corrected chi connectivity index (χ1v) is 5.26. The van der Waals surface area contributed by atoms with Crippen LogP contribution in [0.4, 0.5) is 0 Å². The minimum Gasteiger partial charge on any atom is -0.364 e. The Morgan fingerprint density at radius 2 is 2.23 bits per heavy atom. The second kappa shape index (κ2) is 4.37. The molecule has 1 heterocycles. The molecule has 0 spiro atoms. The fourth-order valence-corrected chi connectivity index (χ4v) is 2.31. The van der Waals surface area contributed by atoms with E-state index in [1.165, 1.54) is 16.2 Å². The molecular formula is C9H14N2OS. The maximum absolute atomic E-state index is 10.8. The second-order valence-electron chi connectivity index (χ2n) is 2.95. The molecule has 0 aliphatic heterocycles. The largest absolute Gasteiger partial charge is 0.364 e. The Morgan fingerprint density at radius 3 is 2.62 bits per heavy atom. The van der Waals surface area contributed by atoms with Gasteiger partial charge >= 0.3 is 0 Å². The van der Waals surface area contributed by atoms with E-state index in [0.29, 0.717) is 10.9 Å². The fraction of sp³-hybridized carbons (Fsp3) is 0.556. The van der Waals surface area contributed by atoms with Gasteiger partial charge in [-0.15, -0.1) is 11.3 Å². The fourth-order valence-electron chi connectivity index (χ4n) is 1.28. The first kappa shape index (κ1) is 10.2. The molecule has 1 aromatic rings. The number of amides is 1. The first-order valence-electron chi connectivity index (χ1n) is 4.44. The molecule has 0 saturated carbocycles. The van der Waals surface area contributed by atoms with Crippen molar-refractivity contribution in [3.8, 4) is 0 Å². The third-order valence-corrected chi connectivity index (χ3v) is 3.30. The van der Waals surface area contributed by atoms with Crippen LogP contribution in [0.3, 0.4) is 0 Å². The summed E-state index contributed by atoms with van der Waals surface area (Å²) in [6.45, 7) is 4.27. The molecule has 1 amide bonds. The van der Waals surface area contributed by atoms with E-state index >= 15 is 0 Å². The SMILES string of the molecule is CCC(CC)c1cnc(C(N)=O)s1. The molecule has 0 aliphatic carbocycles. The zero-order valence-electron chi connectivity index (χ0n) is 7.91. The molecule has 0 bridgehead atoms. The number of hydrogen-bond donors (Lipinski definition) is 1. The highest BCUT2D eigenvalue weighted by molar-refractivity contribution is 7.13. The molecule has 0 radical (unpaired) electrons. The molecular weight excluding hydrogens is 184 g/mol. The van der Waals surface area contributed by atoms with Crippen molar-refractivity contribution in [3.63, 3.8) is 0 Å². The summed E-state index contributed by atoms with van der Waals surface area (Å²) in [4.78, 5) is 15.9. The van der Waals surface area contributed by atoms with Crippen LogP contribution in [0.2, 0.25) is 0 Å². The average Bonchev–Trinajstić information content (AvgIpc) is 2.56. The highest BCUT2D eigenvalue weighted by Gasteiger charge is 2.13. The van der Waals surface area contributed by atoms with Gasteiger partial charge in [0.2, 0.25) is 0 Å². The van der Waals surface area contributed by atoms with E-state index in [9.17, 15) is 4.79 Å².